The SMILES string of the molecule is CCc1ccc(CN(C)C(=O)Cc2ccc(S(=O)(=O)N3CCCCC3)cc2)cc1. The molecule has 0 bridgehead atoms. The molecule has 0 unspecified atom stereocenters. The smallest absolute Gasteiger partial charge is 0.243 e. The van der Waals surface area contributed by atoms with Gasteiger partial charge in [-0.25, -0.2) is 8.42 Å². The highest BCUT2D eigenvalue weighted by Crippen LogP contribution is 2.21. The Morgan fingerprint density at radius 3 is 2.03 bits per heavy atom. The first kappa shape index (κ1) is 21.5. The lowest BCUT2D eigenvalue weighted by atomic mass is 10.1. The third kappa shape index (κ3) is 5.46. The molecule has 1 heterocycles. The van der Waals surface area contributed by atoms with E-state index in [-0.39, 0.29) is 12.3 Å². The average Bonchev–Trinajstić information content (AvgIpc) is 2.75. The zero-order chi connectivity index (χ0) is 20.9. The van der Waals surface area contributed by atoms with Gasteiger partial charge in [-0.05, 0) is 48.1 Å². The van der Waals surface area contributed by atoms with E-state index in [1.165, 1.54) is 5.56 Å². The molecule has 1 fully saturated rings. The van der Waals surface area contributed by atoms with Crippen LogP contribution >= 0.6 is 0 Å². The number of rotatable bonds is 7. The van der Waals surface area contributed by atoms with Crippen LogP contribution in [0.1, 0.15) is 42.9 Å². The van der Waals surface area contributed by atoms with Crippen molar-refractivity contribution in [3.05, 3.63) is 65.2 Å². The van der Waals surface area contributed by atoms with Gasteiger partial charge in [0, 0.05) is 26.7 Å². The van der Waals surface area contributed by atoms with E-state index in [0.717, 1.165) is 36.8 Å². The van der Waals surface area contributed by atoms with E-state index in [2.05, 4.69) is 31.2 Å². The maximum absolute atomic E-state index is 12.7. The van der Waals surface area contributed by atoms with Gasteiger partial charge in [0.15, 0.2) is 0 Å². The molecular formula is C23H30N2O3S. The Hall–Kier alpha value is -2.18. The summed E-state index contributed by atoms with van der Waals surface area (Å²) in [6.45, 7) is 3.86. The third-order valence-electron chi connectivity index (χ3n) is 5.51. The summed E-state index contributed by atoms with van der Waals surface area (Å²) in [5.41, 5.74) is 3.20. The standard InChI is InChI=1S/C23H30N2O3S/c1-3-19-7-9-21(10-8-19)18-24(2)23(26)17-20-11-13-22(14-12-20)29(27,28)25-15-5-4-6-16-25/h7-14H,3-6,15-18H2,1-2H3. The summed E-state index contributed by atoms with van der Waals surface area (Å²) >= 11 is 0. The summed E-state index contributed by atoms with van der Waals surface area (Å²) in [4.78, 5) is 14.6. The summed E-state index contributed by atoms with van der Waals surface area (Å²) in [7, 11) is -1.64. The molecule has 2 aromatic carbocycles. The maximum Gasteiger partial charge on any atom is 0.243 e. The van der Waals surface area contributed by atoms with Crippen LogP contribution in [0.25, 0.3) is 0 Å². The number of hydrogen-bond donors (Lipinski definition) is 0. The molecule has 6 heteroatoms. The molecule has 156 valence electrons. The molecule has 5 nitrogen and oxygen atoms in total. The summed E-state index contributed by atoms with van der Waals surface area (Å²) in [6.07, 6.45) is 4.17. The largest absolute Gasteiger partial charge is 0.341 e. The van der Waals surface area contributed by atoms with E-state index in [0.29, 0.717) is 24.5 Å². The molecule has 29 heavy (non-hydrogen) atoms. The van der Waals surface area contributed by atoms with Crippen LogP contribution in [-0.4, -0.2) is 43.7 Å². The van der Waals surface area contributed by atoms with E-state index in [1.54, 1.807) is 40.5 Å². The van der Waals surface area contributed by atoms with Gasteiger partial charge in [0.05, 0.1) is 11.3 Å². The van der Waals surface area contributed by atoms with E-state index in [9.17, 15) is 13.2 Å². The van der Waals surface area contributed by atoms with E-state index in [1.807, 2.05) is 0 Å². The molecule has 0 aliphatic carbocycles. The van der Waals surface area contributed by atoms with Crippen LogP contribution < -0.4 is 0 Å². The molecule has 0 spiro atoms. The first-order chi connectivity index (χ1) is 13.9. The van der Waals surface area contributed by atoms with Crippen LogP contribution in [0.3, 0.4) is 0 Å². The van der Waals surface area contributed by atoms with Gasteiger partial charge in [-0.15, -0.1) is 0 Å². The Morgan fingerprint density at radius 1 is 0.897 bits per heavy atom. The van der Waals surface area contributed by atoms with Gasteiger partial charge in [0.25, 0.3) is 0 Å². The number of nitrogens with zero attached hydrogens (tertiary/aromatic N) is 2. The molecule has 0 N–H and O–H groups in total. The average molecular weight is 415 g/mol. The second-order valence-electron chi connectivity index (χ2n) is 7.71. The number of hydrogen-bond acceptors (Lipinski definition) is 3. The van der Waals surface area contributed by atoms with Gasteiger partial charge in [-0.3, -0.25) is 4.79 Å². The highest BCUT2D eigenvalue weighted by atomic mass is 32.2. The number of carbonyl (C=O) groups excluding carboxylic acids is 1. The Kier molecular flexibility index (Phi) is 7.09. The van der Waals surface area contributed by atoms with Crippen LogP contribution in [-0.2, 0) is 34.2 Å². The molecule has 0 saturated carbocycles. The van der Waals surface area contributed by atoms with E-state index >= 15 is 0 Å². The van der Waals surface area contributed by atoms with Crippen molar-refractivity contribution in [2.24, 2.45) is 0 Å². The highest BCUT2D eigenvalue weighted by Gasteiger charge is 2.25. The summed E-state index contributed by atoms with van der Waals surface area (Å²) < 4.78 is 27.0. The Morgan fingerprint density at radius 2 is 1.45 bits per heavy atom. The van der Waals surface area contributed by atoms with Crippen molar-refractivity contribution < 1.29 is 13.2 Å². The molecule has 1 aliphatic heterocycles. The van der Waals surface area contributed by atoms with Crippen molar-refractivity contribution >= 4 is 15.9 Å². The predicted octanol–water partition coefficient (Wildman–Crippen LogP) is 3.62. The lowest BCUT2D eigenvalue weighted by Gasteiger charge is -2.25. The summed E-state index contributed by atoms with van der Waals surface area (Å²) in [5.74, 6) is 0.0104. The molecule has 2 aromatic rings. The second kappa shape index (κ2) is 9.55. The minimum Gasteiger partial charge on any atom is -0.341 e. The lowest BCUT2D eigenvalue weighted by molar-refractivity contribution is -0.129. The van der Waals surface area contributed by atoms with Crippen molar-refractivity contribution in [2.75, 3.05) is 20.1 Å². The zero-order valence-electron chi connectivity index (χ0n) is 17.3. The quantitative estimate of drug-likeness (QED) is 0.695. The van der Waals surface area contributed by atoms with Gasteiger partial charge in [0.1, 0.15) is 0 Å². The van der Waals surface area contributed by atoms with Crippen molar-refractivity contribution in [1.82, 2.24) is 9.21 Å². The Bertz CT molecular complexity index is 916. The van der Waals surface area contributed by atoms with E-state index in [4.69, 9.17) is 0 Å². The third-order valence-corrected chi connectivity index (χ3v) is 7.42. The highest BCUT2D eigenvalue weighted by molar-refractivity contribution is 7.89. The summed E-state index contributed by atoms with van der Waals surface area (Å²) in [6, 6.07) is 15.0. The van der Waals surface area contributed by atoms with Crippen LogP contribution in [0, 0.1) is 0 Å². The summed E-state index contributed by atoms with van der Waals surface area (Å²) in [5, 5.41) is 0. The minimum absolute atomic E-state index is 0.0104. The molecule has 1 aliphatic rings. The number of benzene rings is 2. The number of sulfonamides is 1. The fourth-order valence-electron chi connectivity index (χ4n) is 3.59. The van der Waals surface area contributed by atoms with Crippen LogP contribution in [0.5, 0.6) is 0 Å². The molecular weight excluding hydrogens is 384 g/mol. The Balaban J connectivity index is 1.60. The van der Waals surface area contributed by atoms with E-state index < -0.39 is 10.0 Å². The van der Waals surface area contributed by atoms with Crippen molar-refractivity contribution in [3.63, 3.8) is 0 Å². The number of aryl methyl sites for hydroxylation is 1. The Labute approximate surface area is 174 Å². The monoisotopic (exact) mass is 414 g/mol. The number of carbonyl (C=O) groups is 1. The van der Waals surface area contributed by atoms with Crippen molar-refractivity contribution in [1.29, 1.82) is 0 Å². The van der Waals surface area contributed by atoms with Gasteiger partial charge in [-0.2, -0.15) is 4.31 Å². The molecule has 0 radical (unpaired) electrons. The number of piperidine rings is 1. The van der Waals surface area contributed by atoms with Crippen molar-refractivity contribution in [2.45, 2.75) is 50.5 Å². The topological polar surface area (TPSA) is 57.7 Å². The van der Waals surface area contributed by atoms with Gasteiger partial charge in [0.2, 0.25) is 15.9 Å². The maximum atomic E-state index is 12.7. The normalized spacial score (nSPS) is 15.2. The number of likely N-dealkylation sites (N-methyl/N-ethyl adjacent to an activating group) is 1. The van der Waals surface area contributed by atoms with Crippen LogP contribution in [0.4, 0.5) is 0 Å². The first-order valence-corrected chi connectivity index (χ1v) is 11.7. The van der Waals surface area contributed by atoms with Gasteiger partial charge in [-0.1, -0.05) is 49.7 Å². The molecule has 0 atom stereocenters. The minimum atomic E-state index is -3.43. The zero-order valence-corrected chi connectivity index (χ0v) is 18.1. The van der Waals surface area contributed by atoms with Crippen LogP contribution in [0.15, 0.2) is 53.4 Å². The number of amides is 1. The lowest BCUT2D eigenvalue weighted by Crippen LogP contribution is -2.35. The fourth-order valence-corrected chi connectivity index (χ4v) is 5.10. The van der Waals surface area contributed by atoms with Crippen molar-refractivity contribution in [3.8, 4) is 0 Å². The van der Waals surface area contributed by atoms with Gasteiger partial charge < -0.3 is 4.90 Å². The molecule has 0 aromatic heterocycles. The van der Waals surface area contributed by atoms with Gasteiger partial charge >= 0.3 is 0 Å². The predicted molar refractivity (Wildman–Crippen MR) is 115 cm³/mol. The van der Waals surface area contributed by atoms with Crippen LogP contribution in [0.2, 0.25) is 0 Å². The molecule has 1 amide bonds. The molecule has 3 rings (SSSR count). The fraction of sp³-hybridized carbons (Fsp3) is 0.435. The first-order valence-electron chi connectivity index (χ1n) is 10.3. The molecule has 1 saturated heterocycles. The second-order valence-corrected chi connectivity index (χ2v) is 9.64.